The van der Waals surface area contributed by atoms with Gasteiger partial charge in [-0.2, -0.15) is 0 Å². The molecule has 0 aromatic heterocycles. The molecule has 3 nitrogen and oxygen atoms in total. The van der Waals surface area contributed by atoms with Crippen molar-refractivity contribution in [2.45, 2.75) is 26.2 Å². The lowest BCUT2D eigenvalue weighted by atomic mass is 9.74. The Kier molecular flexibility index (Phi) is 1.97. The standard InChI is InChI=1S/C15H17N2O/c1-9-5-13-11(8-17(9)18)6-10-7-16-14-4-2-3-12(13)15(10)14/h4-5,11,16H,2-3,6-8H2,1H3/q+1. The number of fused-ring (bicyclic) bond motifs is 1. The zero-order chi connectivity index (χ0) is 12.3. The fourth-order valence-corrected chi connectivity index (χ4v) is 3.73. The van der Waals surface area contributed by atoms with Gasteiger partial charge in [0.25, 0.3) is 0 Å². The van der Waals surface area contributed by atoms with Crippen LogP contribution in [0.5, 0.6) is 0 Å². The van der Waals surface area contributed by atoms with Gasteiger partial charge in [-0.3, -0.25) is 0 Å². The molecule has 1 N–H and O–H groups in total. The van der Waals surface area contributed by atoms with E-state index in [1.165, 1.54) is 28.0 Å². The summed E-state index contributed by atoms with van der Waals surface area (Å²) in [4.78, 5) is 11.8. The maximum absolute atomic E-state index is 11.8. The van der Waals surface area contributed by atoms with Crippen LogP contribution in [0.4, 0.5) is 0 Å². The summed E-state index contributed by atoms with van der Waals surface area (Å²) in [6.45, 7) is 3.54. The minimum absolute atomic E-state index is 0.416. The lowest BCUT2D eigenvalue weighted by molar-refractivity contribution is -0.507. The fraction of sp³-hybridized carbons (Fsp3) is 0.467. The summed E-state index contributed by atoms with van der Waals surface area (Å²) >= 11 is 0. The molecule has 18 heavy (non-hydrogen) atoms. The van der Waals surface area contributed by atoms with Crippen molar-refractivity contribution in [3.63, 3.8) is 0 Å². The molecule has 4 rings (SSSR count). The molecule has 0 saturated carbocycles. The third kappa shape index (κ3) is 1.25. The number of hydrogen-bond donors (Lipinski definition) is 1. The van der Waals surface area contributed by atoms with Gasteiger partial charge in [0.05, 0.1) is 5.92 Å². The minimum Gasteiger partial charge on any atom is -0.381 e. The van der Waals surface area contributed by atoms with Crippen LogP contribution in [-0.2, 0) is 0 Å². The number of nitrogens with one attached hydrogen (secondary N) is 1. The Hall–Kier alpha value is -1.64. The molecule has 0 saturated heterocycles. The van der Waals surface area contributed by atoms with E-state index >= 15 is 0 Å². The highest BCUT2D eigenvalue weighted by Crippen LogP contribution is 2.46. The number of rotatable bonds is 0. The van der Waals surface area contributed by atoms with Gasteiger partial charge in [0.2, 0.25) is 12.2 Å². The Labute approximate surface area is 107 Å². The van der Waals surface area contributed by atoms with E-state index in [1.807, 2.05) is 6.92 Å². The molecule has 0 aromatic rings. The van der Waals surface area contributed by atoms with Gasteiger partial charge in [0.15, 0.2) is 0 Å². The Morgan fingerprint density at radius 3 is 3.22 bits per heavy atom. The molecule has 0 fully saturated rings. The zero-order valence-corrected chi connectivity index (χ0v) is 10.6. The second-order valence-electron chi connectivity index (χ2n) is 5.67. The molecular formula is C15H17N2O+. The normalized spacial score (nSPS) is 29.6. The van der Waals surface area contributed by atoms with Gasteiger partial charge in [0, 0.05) is 40.5 Å². The van der Waals surface area contributed by atoms with Gasteiger partial charge in [-0.05, 0) is 36.0 Å². The predicted molar refractivity (Wildman–Crippen MR) is 69.7 cm³/mol. The second-order valence-corrected chi connectivity index (χ2v) is 5.67. The highest BCUT2D eigenvalue weighted by molar-refractivity contribution is 5.61. The third-order valence-corrected chi connectivity index (χ3v) is 4.58. The van der Waals surface area contributed by atoms with Gasteiger partial charge >= 0.3 is 0 Å². The van der Waals surface area contributed by atoms with E-state index in [0.717, 1.165) is 36.3 Å². The van der Waals surface area contributed by atoms with Crippen molar-refractivity contribution in [2.75, 3.05) is 13.1 Å². The van der Waals surface area contributed by atoms with E-state index in [0.29, 0.717) is 12.5 Å². The largest absolute Gasteiger partial charge is 0.381 e. The van der Waals surface area contributed by atoms with Gasteiger partial charge < -0.3 is 5.32 Å². The summed E-state index contributed by atoms with van der Waals surface area (Å²) in [5.74, 6) is 0.416. The first kappa shape index (κ1) is 10.3. The highest BCUT2D eigenvalue weighted by Gasteiger charge is 2.39. The Morgan fingerprint density at radius 1 is 1.44 bits per heavy atom. The Morgan fingerprint density at radius 2 is 2.33 bits per heavy atom. The maximum atomic E-state index is 11.8. The number of hydrogen-bond acceptors (Lipinski definition) is 2. The monoisotopic (exact) mass is 241 g/mol. The lowest BCUT2D eigenvalue weighted by Gasteiger charge is -2.29. The van der Waals surface area contributed by atoms with Gasteiger partial charge in [-0.25, -0.2) is 0 Å². The number of nitrogens with zero attached hydrogens (tertiary/aromatic N) is 1. The molecule has 0 spiro atoms. The van der Waals surface area contributed by atoms with Crippen LogP contribution >= 0.6 is 0 Å². The van der Waals surface area contributed by atoms with Crippen LogP contribution in [0.3, 0.4) is 0 Å². The number of allylic oxidation sites excluding steroid dienone is 4. The summed E-state index contributed by atoms with van der Waals surface area (Å²) in [5.41, 5.74) is 8.15. The zero-order valence-electron chi connectivity index (χ0n) is 10.6. The summed E-state index contributed by atoms with van der Waals surface area (Å²) in [7, 11) is 0. The molecule has 92 valence electrons. The molecule has 3 heteroatoms. The van der Waals surface area contributed by atoms with Crippen LogP contribution in [0.2, 0.25) is 0 Å². The molecule has 2 heterocycles. The first-order valence-corrected chi connectivity index (χ1v) is 6.77. The molecule has 1 unspecified atom stereocenters. The van der Waals surface area contributed by atoms with Crippen molar-refractivity contribution < 1.29 is 4.76 Å². The molecular weight excluding hydrogens is 224 g/mol. The van der Waals surface area contributed by atoms with Crippen molar-refractivity contribution in [3.05, 3.63) is 50.7 Å². The third-order valence-electron chi connectivity index (χ3n) is 4.58. The average Bonchev–Trinajstić information content (AvgIpc) is 2.77. The quantitative estimate of drug-likeness (QED) is 0.661. The van der Waals surface area contributed by atoms with Crippen molar-refractivity contribution in [1.29, 1.82) is 0 Å². The van der Waals surface area contributed by atoms with Crippen molar-refractivity contribution in [3.8, 4) is 0 Å². The molecule has 2 aliphatic heterocycles. The van der Waals surface area contributed by atoms with Crippen molar-refractivity contribution >= 4 is 0 Å². The Balaban J connectivity index is 1.92. The molecule has 0 amide bonds. The van der Waals surface area contributed by atoms with Gasteiger partial charge in [-0.1, -0.05) is 6.08 Å². The molecule has 0 aromatic carbocycles. The molecule has 0 bridgehead atoms. The Bertz CT molecular complexity index is 590. The van der Waals surface area contributed by atoms with Gasteiger partial charge in [0.1, 0.15) is 0 Å². The first-order valence-electron chi connectivity index (χ1n) is 6.77. The van der Waals surface area contributed by atoms with Crippen LogP contribution in [0, 0.1) is 10.8 Å². The van der Waals surface area contributed by atoms with Crippen LogP contribution in [0.25, 0.3) is 0 Å². The summed E-state index contributed by atoms with van der Waals surface area (Å²) in [5, 5.41) is 3.50. The summed E-state index contributed by atoms with van der Waals surface area (Å²) < 4.78 is 1.15. The van der Waals surface area contributed by atoms with Crippen molar-refractivity contribution in [1.82, 2.24) is 5.32 Å². The van der Waals surface area contributed by atoms with Crippen LogP contribution in [-0.4, -0.2) is 17.8 Å². The molecule has 0 radical (unpaired) electrons. The number of nitroso groups, excluding NO2 is 1. The van der Waals surface area contributed by atoms with Crippen molar-refractivity contribution in [2.24, 2.45) is 5.92 Å². The first-order chi connectivity index (χ1) is 8.74. The van der Waals surface area contributed by atoms with Crippen LogP contribution in [0.1, 0.15) is 26.2 Å². The van der Waals surface area contributed by atoms with E-state index in [-0.39, 0.29) is 0 Å². The summed E-state index contributed by atoms with van der Waals surface area (Å²) in [6.07, 6.45) is 7.77. The topological polar surface area (TPSA) is 32.1 Å². The minimum atomic E-state index is 0.416. The maximum Gasteiger partial charge on any atom is 0.230 e. The SMILES string of the molecule is CC1=CC2=C3CCC=C4NCC(=C43)CC2C[N+]1=O. The van der Waals surface area contributed by atoms with E-state index in [4.69, 9.17) is 0 Å². The lowest BCUT2D eigenvalue weighted by Crippen LogP contribution is -2.28. The van der Waals surface area contributed by atoms with Crippen LogP contribution in [0.15, 0.2) is 45.8 Å². The highest BCUT2D eigenvalue weighted by atomic mass is 16.3. The molecule has 4 aliphatic rings. The smallest absolute Gasteiger partial charge is 0.230 e. The van der Waals surface area contributed by atoms with E-state index in [2.05, 4.69) is 17.5 Å². The second kappa shape index (κ2) is 3.44. The van der Waals surface area contributed by atoms with Gasteiger partial charge in [-0.15, -0.1) is 0 Å². The molecule has 2 aliphatic carbocycles. The summed E-state index contributed by atoms with van der Waals surface area (Å²) in [6, 6.07) is 0. The van der Waals surface area contributed by atoms with E-state index in [9.17, 15) is 4.91 Å². The predicted octanol–water partition coefficient (Wildman–Crippen LogP) is 2.58. The van der Waals surface area contributed by atoms with E-state index in [1.54, 1.807) is 0 Å². The average molecular weight is 241 g/mol. The fourth-order valence-electron chi connectivity index (χ4n) is 3.73. The van der Waals surface area contributed by atoms with Crippen LogP contribution < -0.4 is 5.32 Å². The molecule has 1 atom stereocenters. The van der Waals surface area contributed by atoms with E-state index < -0.39 is 0 Å².